The van der Waals surface area contributed by atoms with Crippen LogP contribution in [0.5, 0.6) is 0 Å². The quantitative estimate of drug-likeness (QED) is 0.882. The van der Waals surface area contributed by atoms with Gasteiger partial charge in [0.05, 0.1) is 6.42 Å². The Morgan fingerprint density at radius 1 is 1.11 bits per heavy atom. The molecule has 0 radical (unpaired) electrons. The molecule has 1 amide bonds. The fourth-order valence-electron chi connectivity index (χ4n) is 2.21. The summed E-state index contributed by atoms with van der Waals surface area (Å²) >= 11 is 0. The Balaban J connectivity index is 2.74. The van der Waals surface area contributed by atoms with E-state index in [9.17, 15) is 4.79 Å². The predicted molar refractivity (Wildman–Crippen MR) is 80.7 cm³/mol. The zero-order valence-corrected chi connectivity index (χ0v) is 13.1. The second-order valence-electron chi connectivity index (χ2n) is 5.57. The first-order chi connectivity index (χ1) is 8.82. The molecule has 0 saturated carbocycles. The maximum atomic E-state index is 12.0. The van der Waals surface area contributed by atoms with E-state index < -0.39 is 0 Å². The van der Waals surface area contributed by atoms with Gasteiger partial charge >= 0.3 is 0 Å². The number of aryl methyl sites for hydroxylation is 2. The molecule has 0 aliphatic heterocycles. The van der Waals surface area contributed by atoms with Crippen molar-refractivity contribution in [3.63, 3.8) is 0 Å². The van der Waals surface area contributed by atoms with Crippen LogP contribution in [0.1, 0.15) is 27.8 Å². The highest BCUT2D eigenvalue weighted by molar-refractivity contribution is 5.79. The average molecular weight is 262 g/mol. The van der Waals surface area contributed by atoms with Gasteiger partial charge in [-0.1, -0.05) is 6.07 Å². The number of hydrogen-bond acceptors (Lipinski definition) is 2. The minimum atomic E-state index is 0.109. The van der Waals surface area contributed by atoms with Crippen molar-refractivity contribution in [1.82, 2.24) is 10.2 Å². The van der Waals surface area contributed by atoms with E-state index in [0.29, 0.717) is 13.0 Å². The van der Waals surface area contributed by atoms with E-state index in [-0.39, 0.29) is 5.91 Å². The molecule has 19 heavy (non-hydrogen) atoms. The lowest BCUT2D eigenvalue weighted by Gasteiger charge is -2.16. The fraction of sp³-hybridized carbons (Fsp3) is 0.562. The number of benzene rings is 1. The highest BCUT2D eigenvalue weighted by atomic mass is 16.1. The minimum absolute atomic E-state index is 0.109. The molecular weight excluding hydrogens is 236 g/mol. The normalized spacial score (nSPS) is 10.9. The highest BCUT2D eigenvalue weighted by Gasteiger charge is 2.12. The summed E-state index contributed by atoms with van der Waals surface area (Å²) in [7, 11) is 4.01. The number of nitrogens with zero attached hydrogens (tertiary/aromatic N) is 1. The Kier molecular flexibility index (Phi) is 5.55. The van der Waals surface area contributed by atoms with Crippen molar-refractivity contribution in [1.29, 1.82) is 0 Å². The van der Waals surface area contributed by atoms with Crippen LogP contribution in [-0.4, -0.2) is 38.0 Å². The molecule has 0 saturated heterocycles. The summed E-state index contributed by atoms with van der Waals surface area (Å²) in [5, 5.41) is 2.98. The van der Waals surface area contributed by atoms with Crippen molar-refractivity contribution in [3.8, 4) is 0 Å². The molecule has 3 nitrogen and oxygen atoms in total. The molecule has 0 unspecified atom stereocenters. The van der Waals surface area contributed by atoms with Crippen LogP contribution in [-0.2, 0) is 11.2 Å². The first-order valence-electron chi connectivity index (χ1n) is 6.80. The minimum Gasteiger partial charge on any atom is -0.355 e. The molecule has 0 aliphatic carbocycles. The zero-order valence-electron chi connectivity index (χ0n) is 13.1. The standard InChI is InChI=1S/C16H26N2O/c1-11-9-12(2)14(4)15(13(11)3)10-16(19)17-7-8-18(5)6/h9H,7-8,10H2,1-6H3,(H,17,19). The molecule has 0 atom stereocenters. The van der Waals surface area contributed by atoms with Gasteiger partial charge in [-0.25, -0.2) is 0 Å². The first-order valence-corrected chi connectivity index (χ1v) is 6.80. The summed E-state index contributed by atoms with van der Waals surface area (Å²) < 4.78 is 0. The Morgan fingerprint density at radius 2 is 1.63 bits per heavy atom. The number of nitrogens with one attached hydrogen (secondary N) is 1. The molecule has 1 rings (SSSR count). The lowest BCUT2D eigenvalue weighted by atomic mass is 9.92. The average Bonchev–Trinajstić information content (AvgIpc) is 2.32. The van der Waals surface area contributed by atoms with Gasteiger partial charge < -0.3 is 10.2 Å². The van der Waals surface area contributed by atoms with Crippen molar-refractivity contribution in [2.75, 3.05) is 27.2 Å². The maximum Gasteiger partial charge on any atom is 0.224 e. The van der Waals surface area contributed by atoms with Crippen molar-refractivity contribution in [3.05, 3.63) is 33.9 Å². The van der Waals surface area contributed by atoms with Gasteiger partial charge in [0.1, 0.15) is 0 Å². The van der Waals surface area contributed by atoms with Gasteiger partial charge in [-0.05, 0) is 69.6 Å². The summed E-state index contributed by atoms with van der Waals surface area (Å²) in [5.74, 6) is 0.109. The van der Waals surface area contributed by atoms with Crippen molar-refractivity contribution < 1.29 is 4.79 Å². The Morgan fingerprint density at radius 3 is 2.11 bits per heavy atom. The molecule has 0 bridgehead atoms. The number of amides is 1. The number of hydrogen-bond donors (Lipinski definition) is 1. The smallest absolute Gasteiger partial charge is 0.224 e. The molecule has 0 spiro atoms. The van der Waals surface area contributed by atoms with E-state index in [0.717, 1.165) is 6.54 Å². The molecule has 3 heteroatoms. The van der Waals surface area contributed by atoms with E-state index in [1.807, 2.05) is 14.1 Å². The number of rotatable bonds is 5. The van der Waals surface area contributed by atoms with Gasteiger partial charge in [-0.3, -0.25) is 4.79 Å². The van der Waals surface area contributed by atoms with Crippen molar-refractivity contribution in [2.45, 2.75) is 34.1 Å². The zero-order chi connectivity index (χ0) is 14.6. The molecule has 0 aliphatic rings. The number of carbonyl (C=O) groups excluding carboxylic acids is 1. The molecule has 106 valence electrons. The number of carbonyl (C=O) groups is 1. The predicted octanol–water partition coefficient (Wildman–Crippen LogP) is 2.14. The van der Waals surface area contributed by atoms with E-state index in [1.54, 1.807) is 0 Å². The van der Waals surface area contributed by atoms with Crippen LogP contribution in [0, 0.1) is 27.7 Å². The molecule has 0 aromatic heterocycles. The molecule has 1 aromatic rings. The van der Waals surface area contributed by atoms with Crippen LogP contribution < -0.4 is 5.32 Å². The maximum absolute atomic E-state index is 12.0. The third-order valence-corrected chi connectivity index (χ3v) is 3.74. The Hall–Kier alpha value is -1.35. The van der Waals surface area contributed by atoms with E-state index in [4.69, 9.17) is 0 Å². The molecule has 0 fully saturated rings. The SMILES string of the molecule is Cc1cc(C)c(C)c(CC(=O)NCCN(C)C)c1C. The summed E-state index contributed by atoms with van der Waals surface area (Å²) in [6, 6.07) is 2.19. The van der Waals surface area contributed by atoms with Gasteiger partial charge in [0.25, 0.3) is 0 Å². The second kappa shape index (κ2) is 6.71. The molecule has 0 heterocycles. The topological polar surface area (TPSA) is 32.3 Å². The van der Waals surface area contributed by atoms with Crippen LogP contribution in [0.25, 0.3) is 0 Å². The second-order valence-corrected chi connectivity index (χ2v) is 5.57. The van der Waals surface area contributed by atoms with Gasteiger partial charge in [-0.2, -0.15) is 0 Å². The van der Waals surface area contributed by atoms with Crippen LogP contribution in [0.4, 0.5) is 0 Å². The summed E-state index contributed by atoms with van der Waals surface area (Å²) in [6.45, 7) is 9.99. The van der Waals surface area contributed by atoms with Gasteiger partial charge in [0.2, 0.25) is 5.91 Å². The van der Waals surface area contributed by atoms with Crippen LogP contribution in [0.15, 0.2) is 6.07 Å². The van der Waals surface area contributed by atoms with E-state index in [2.05, 4.69) is 44.0 Å². The Bertz CT molecular complexity index is 438. The monoisotopic (exact) mass is 262 g/mol. The van der Waals surface area contributed by atoms with Crippen LogP contribution in [0.3, 0.4) is 0 Å². The largest absolute Gasteiger partial charge is 0.355 e. The van der Waals surface area contributed by atoms with Gasteiger partial charge in [-0.15, -0.1) is 0 Å². The lowest BCUT2D eigenvalue weighted by Crippen LogP contribution is -2.32. The van der Waals surface area contributed by atoms with Crippen LogP contribution >= 0.6 is 0 Å². The van der Waals surface area contributed by atoms with Crippen LogP contribution in [0.2, 0.25) is 0 Å². The molecule has 1 N–H and O–H groups in total. The number of likely N-dealkylation sites (N-methyl/N-ethyl adjacent to an activating group) is 1. The molecule has 1 aromatic carbocycles. The third kappa shape index (κ3) is 4.35. The summed E-state index contributed by atoms with van der Waals surface area (Å²) in [5.41, 5.74) is 6.19. The first kappa shape index (κ1) is 15.7. The highest BCUT2D eigenvalue weighted by Crippen LogP contribution is 2.21. The van der Waals surface area contributed by atoms with E-state index >= 15 is 0 Å². The van der Waals surface area contributed by atoms with Gasteiger partial charge in [0.15, 0.2) is 0 Å². The Labute approximate surface area is 117 Å². The van der Waals surface area contributed by atoms with Crippen molar-refractivity contribution in [2.24, 2.45) is 0 Å². The third-order valence-electron chi connectivity index (χ3n) is 3.74. The lowest BCUT2D eigenvalue weighted by molar-refractivity contribution is -0.120. The summed E-state index contributed by atoms with van der Waals surface area (Å²) in [4.78, 5) is 14.1. The summed E-state index contributed by atoms with van der Waals surface area (Å²) in [6.07, 6.45) is 0.480. The fourth-order valence-corrected chi connectivity index (χ4v) is 2.21. The van der Waals surface area contributed by atoms with Gasteiger partial charge in [0, 0.05) is 13.1 Å². The van der Waals surface area contributed by atoms with E-state index in [1.165, 1.54) is 27.8 Å². The van der Waals surface area contributed by atoms with Crippen molar-refractivity contribution >= 4 is 5.91 Å². The molecular formula is C16H26N2O.